The van der Waals surface area contributed by atoms with Gasteiger partial charge in [0.25, 0.3) is 0 Å². The molecule has 22 heteroatoms. The molecular weight excluding hydrogens is 921 g/mol. The van der Waals surface area contributed by atoms with E-state index in [0.29, 0.717) is 11.1 Å². The molecule has 0 aliphatic heterocycles. The quantitative estimate of drug-likeness (QED) is 0.0667. The van der Waals surface area contributed by atoms with Crippen molar-refractivity contribution in [2.24, 2.45) is 0 Å². The van der Waals surface area contributed by atoms with Crippen molar-refractivity contribution in [3.63, 3.8) is 0 Å². The lowest BCUT2D eigenvalue weighted by Crippen LogP contribution is -3.06. The zero-order valence-electron chi connectivity index (χ0n) is 36.3. The van der Waals surface area contributed by atoms with Crippen LogP contribution in [-0.2, 0) is 0 Å². The number of quaternary nitrogens is 1. The molecule has 66 heavy (non-hydrogen) atoms. The van der Waals surface area contributed by atoms with Crippen molar-refractivity contribution in [1.82, 2.24) is 0 Å². The Bertz CT molecular complexity index is 2180. The van der Waals surface area contributed by atoms with Crippen molar-refractivity contribution in [2.45, 2.75) is 102 Å². The Kier molecular flexibility index (Phi) is 15.8. The molecule has 5 nitrogen and oxygen atoms in total. The molecule has 0 amide bonds. The van der Waals surface area contributed by atoms with Crippen LogP contribution in [0.25, 0.3) is 0 Å². The van der Waals surface area contributed by atoms with Crippen LogP contribution < -0.4 is 46.1 Å². The molecule has 2 fully saturated rings. The molecule has 0 atom stereocenters. The van der Waals surface area contributed by atoms with E-state index in [-0.39, 0.29) is 28.4 Å². The van der Waals surface area contributed by atoms with E-state index in [2.05, 4.69) is 38.1 Å². The van der Waals surface area contributed by atoms with E-state index in [9.17, 15) is 17.6 Å². The van der Waals surface area contributed by atoms with Gasteiger partial charge in [-0.1, -0.05) is 26.7 Å². The molecule has 2 N–H and O–H groups in total. The highest BCUT2D eigenvalue weighted by Gasteiger charge is 2.53. The van der Waals surface area contributed by atoms with E-state index in [1.54, 1.807) is 0 Å². The SMILES string of the molecule is CCC1([NH2+]C2(CC)CCCCC2)CCCCC1.COc1c(F)c(F)c(F)c(F)c1[B-](c1c(F)c(F)c(F)c(F)c1OC)(c1c(F)c(F)c(F)c(F)c1OC)c1c(F)c(F)c(F)c(F)c1OC. The van der Waals surface area contributed by atoms with E-state index in [1.807, 2.05) is 0 Å². The van der Waals surface area contributed by atoms with Crippen LogP contribution in [0.2, 0.25) is 0 Å². The fourth-order valence-electron chi connectivity index (χ4n) is 10.1. The Morgan fingerprint density at radius 2 is 0.530 bits per heavy atom. The molecule has 0 spiro atoms. The molecule has 0 aromatic heterocycles. The fraction of sp³-hybridized carbons (Fsp3) is 0.455. The summed E-state index contributed by atoms with van der Waals surface area (Å²) < 4.78 is 263. The number of hydrogen-bond donors (Lipinski definition) is 1. The Morgan fingerprint density at radius 1 is 0.333 bits per heavy atom. The van der Waals surface area contributed by atoms with Gasteiger partial charge in [0.05, 0.1) is 39.5 Å². The van der Waals surface area contributed by atoms with E-state index < -0.39 is 144 Å². The van der Waals surface area contributed by atoms with Crippen LogP contribution in [0.4, 0.5) is 70.2 Å². The first-order chi connectivity index (χ1) is 31.1. The number of halogens is 16. The molecule has 2 aliphatic rings. The van der Waals surface area contributed by atoms with Gasteiger partial charge in [0.1, 0.15) is 52.4 Å². The summed E-state index contributed by atoms with van der Waals surface area (Å²) in [7, 11) is 0.880. The van der Waals surface area contributed by atoms with Gasteiger partial charge in [-0.05, 0) is 38.5 Å². The van der Waals surface area contributed by atoms with Crippen molar-refractivity contribution in [1.29, 1.82) is 0 Å². The second-order valence-corrected chi connectivity index (χ2v) is 16.4. The van der Waals surface area contributed by atoms with Crippen LogP contribution >= 0.6 is 0 Å². The van der Waals surface area contributed by atoms with E-state index >= 15 is 52.7 Å². The molecule has 4 aromatic rings. The first kappa shape index (κ1) is 52.0. The van der Waals surface area contributed by atoms with Gasteiger partial charge in [-0.25, -0.2) is 52.7 Å². The highest BCUT2D eigenvalue weighted by atomic mass is 19.2. The third-order valence-corrected chi connectivity index (χ3v) is 13.3. The van der Waals surface area contributed by atoms with Crippen LogP contribution in [0.15, 0.2) is 0 Å². The van der Waals surface area contributed by atoms with E-state index in [1.165, 1.54) is 77.0 Å². The largest absolute Gasteiger partial charge is 0.497 e. The normalized spacial score (nSPS) is 15.8. The zero-order chi connectivity index (χ0) is 49.4. The maximum absolute atomic E-state index is 16.3. The molecule has 0 heterocycles. The Labute approximate surface area is 368 Å². The minimum Gasteiger partial charge on any atom is -0.497 e. The Morgan fingerprint density at radius 3 is 0.712 bits per heavy atom. The van der Waals surface area contributed by atoms with Crippen molar-refractivity contribution in [3.05, 3.63) is 93.1 Å². The summed E-state index contributed by atoms with van der Waals surface area (Å²) in [6.07, 6.45) is 11.3. The lowest BCUT2D eigenvalue weighted by atomic mass is 9.12. The van der Waals surface area contributed by atoms with Gasteiger partial charge in [-0.3, -0.25) is 0 Å². The standard InChI is InChI=1S/C28H12BF16O4.C16H31N/c1-46-25-5(9(30)13(34)17(38)21(25)42)29(6-10(31)14(35)18(39)22(43)26(6)47-2,7-11(32)15(36)19(40)23(44)27(7)48-3)8-12(33)16(37)20(41)24(45)28(8)49-4;1-3-15(11-7-5-8-12-15)17-16(4-2)13-9-6-10-14-16/h1-4H3;17H,3-14H2,1-2H3/q-1;/p+1. The number of ether oxygens (including phenoxy) is 4. The zero-order valence-corrected chi connectivity index (χ0v) is 36.3. The third kappa shape index (κ3) is 8.26. The molecule has 2 aliphatic carbocycles. The van der Waals surface area contributed by atoms with Crippen molar-refractivity contribution in [2.75, 3.05) is 28.4 Å². The molecule has 0 bridgehead atoms. The topological polar surface area (TPSA) is 53.5 Å². The monoisotopic (exact) mass is 965 g/mol. The average molecular weight is 966 g/mol. The van der Waals surface area contributed by atoms with Crippen molar-refractivity contribution < 1.29 is 94.5 Å². The maximum atomic E-state index is 16.3. The van der Waals surface area contributed by atoms with Gasteiger partial charge in [0.2, 0.25) is 46.5 Å². The van der Waals surface area contributed by atoms with Crippen LogP contribution in [0.5, 0.6) is 23.0 Å². The summed E-state index contributed by atoms with van der Waals surface area (Å²) in [6, 6.07) is 0. The molecule has 0 unspecified atom stereocenters. The van der Waals surface area contributed by atoms with Crippen LogP contribution in [0.1, 0.15) is 90.9 Å². The van der Waals surface area contributed by atoms with Crippen LogP contribution in [0.3, 0.4) is 0 Å². The molecule has 0 radical (unpaired) electrons. The lowest BCUT2D eigenvalue weighted by Gasteiger charge is -2.46. The maximum Gasteiger partial charge on any atom is 0.201 e. The van der Waals surface area contributed by atoms with Gasteiger partial charge >= 0.3 is 0 Å². The molecule has 364 valence electrons. The smallest absolute Gasteiger partial charge is 0.201 e. The van der Waals surface area contributed by atoms with Gasteiger partial charge < -0.3 is 24.3 Å². The molecule has 2 saturated carbocycles. The van der Waals surface area contributed by atoms with Gasteiger partial charge in [-0.2, -0.15) is 17.6 Å². The summed E-state index contributed by atoms with van der Waals surface area (Å²) in [5, 5.41) is 2.87. The summed E-state index contributed by atoms with van der Waals surface area (Å²) in [6.45, 7) is 4.85. The van der Waals surface area contributed by atoms with Gasteiger partial charge in [0, 0.05) is 25.7 Å². The first-order valence-corrected chi connectivity index (χ1v) is 20.7. The van der Waals surface area contributed by atoms with E-state index in [4.69, 9.17) is 0 Å². The van der Waals surface area contributed by atoms with E-state index in [0.717, 1.165) is 0 Å². The van der Waals surface area contributed by atoms with Gasteiger partial charge in [0.15, 0.2) is 23.3 Å². The number of rotatable bonds is 12. The minimum atomic E-state index is -6.25. The molecule has 4 aromatic carbocycles. The average Bonchev–Trinajstić information content (AvgIpc) is 3.32. The predicted molar refractivity (Wildman–Crippen MR) is 210 cm³/mol. The number of nitrogens with two attached hydrogens (primary N) is 1. The highest BCUT2D eigenvalue weighted by Crippen LogP contribution is 2.39. The fourth-order valence-corrected chi connectivity index (χ4v) is 10.1. The molecule has 6 rings (SSSR count). The van der Waals surface area contributed by atoms with Gasteiger partial charge in [-0.15, -0.1) is 21.9 Å². The second kappa shape index (κ2) is 20.1. The van der Waals surface area contributed by atoms with Crippen LogP contribution in [0, 0.1) is 93.1 Å². The number of methoxy groups -OCH3 is 4. The van der Waals surface area contributed by atoms with Crippen molar-refractivity contribution >= 4 is 28.0 Å². The van der Waals surface area contributed by atoms with Crippen LogP contribution in [-0.4, -0.2) is 45.7 Å². The second-order valence-electron chi connectivity index (χ2n) is 16.4. The lowest BCUT2D eigenvalue weighted by molar-refractivity contribution is -0.796. The number of hydrogen-bond acceptors (Lipinski definition) is 4. The molecule has 0 saturated heterocycles. The summed E-state index contributed by atoms with van der Waals surface area (Å²) in [4.78, 5) is 0. The predicted octanol–water partition coefficient (Wildman–Crippen LogP) is 9.10. The number of benzene rings is 4. The minimum absolute atomic E-state index is 0.220. The Balaban J connectivity index is 0.000000400. The molecular formula is C44H44BF16NO4. The third-order valence-electron chi connectivity index (χ3n) is 13.3. The highest BCUT2D eigenvalue weighted by molar-refractivity contribution is 7.21. The van der Waals surface area contributed by atoms with Crippen molar-refractivity contribution in [3.8, 4) is 23.0 Å². The Hall–Kier alpha value is -5.02. The summed E-state index contributed by atoms with van der Waals surface area (Å²) in [5.41, 5.74) is -9.13. The first-order valence-electron chi connectivity index (χ1n) is 20.7. The summed E-state index contributed by atoms with van der Waals surface area (Å²) in [5.74, 6) is -56.6. The summed E-state index contributed by atoms with van der Waals surface area (Å²) >= 11 is 0.